The molecule has 2 heterocycles. The molecule has 2 aromatic carbocycles. The molecule has 2 amide bonds. The molecule has 1 aromatic heterocycles. The van der Waals surface area contributed by atoms with Crippen LogP contribution in [0.5, 0.6) is 0 Å². The smallest absolute Gasteiger partial charge is 0.264 e. The van der Waals surface area contributed by atoms with E-state index >= 15 is 0 Å². The molecule has 0 aliphatic carbocycles. The predicted octanol–water partition coefficient (Wildman–Crippen LogP) is 5.41. The molecule has 1 fully saturated rings. The van der Waals surface area contributed by atoms with Gasteiger partial charge in [-0.25, -0.2) is 0 Å². The fraction of sp³-hybridized carbons (Fsp3) is 0.182. The summed E-state index contributed by atoms with van der Waals surface area (Å²) < 4.78 is 0. The minimum Gasteiger partial charge on any atom is -0.326 e. The molecule has 1 atom stereocenters. The first-order chi connectivity index (χ1) is 14.2. The van der Waals surface area contributed by atoms with E-state index in [1.807, 2.05) is 41.8 Å². The van der Waals surface area contributed by atoms with Gasteiger partial charge in [0.1, 0.15) is 6.04 Å². The average molecular weight is 404 g/mol. The van der Waals surface area contributed by atoms with E-state index in [9.17, 15) is 9.59 Å². The first-order valence-electron chi connectivity index (χ1n) is 9.43. The van der Waals surface area contributed by atoms with Crippen LogP contribution >= 0.6 is 11.3 Å². The first-order valence-corrected chi connectivity index (χ1v) is 10.3. The number of likely N-dealkylation sites (tertiary alicyclic amines) is 1. The molecular formula is C22H20N4O2S. The lowest BCUT2D eigenvalue weighted by molar-refractivity contribution is -0.119. The number of anilines is 1. The van der Waals surface area contributed by atoms with Crippen LogP contribution in [0.2, 0.25) is 0 Å². The molecule has 6 nitrogen and oxygen atoms in total. The molecule has 1 saturated heterocycles. The molecule has 3 aromatic rings. The molecule has 0 bridgehead atoms. The molecule has 0 spiro atoms. The highest BCUT2D eigenvalue weighted by atomic mass is 32.1. The number of nitrogens with zero attached hydrogens (tertiary/aromatic N) is 3. The second-order valence-electron chi connectivity index (χ2n) is 6.71. The molecule has 7 heteroatoms. The zero-order chi connectivity index (χ0) is 20.1. The minimum atomic E-state index is -0.443. The van der Waals surface area contributed by atoms with E-state index in [-0.39, 0.29) is 11.8 Å². The van der Waals surface area contributed by atoms with Crippen LogP contribution in [0.1, 0.15) is 22.5 Å². The van der Waals surface area contributed by atoms with E-state index in [1.54, 1.807) is 35.2 Å². The van der Waals surface area contributed by atoms with Crippen LogP contribution in [0, 0.1) is 0 Å². The number of azo groups is 1. The van der Waals surface area contributed by atoms with Gasteiger partial charge in [-0.3, -0.25) is 9.59 Å². The number of thiophene rings is 1. The third-order valence-electron chi connectivity index (χ3n) is 4.72. The summed E-state index contributed by atoms with van der Waals surface area (Å²) in [6.07, 6.45) is 1.50. The number of hydrogen-bond acceptors (Lipinski definition) is 5. The van der Waals surface area contributed by atoms with Gasteiger partial charge in [-0.15, -0.1) is 11.3 Å². The lowest BCUT2D eigenvalue weighted by atomic mass is 10.2. The summed E-state index contributed by atoms with van der Waals surface area (Å²) >= 11 is 1.40. The summed E-state index contributed by atoms with van der Waals surface area (Å²) in [6, 6.07) is 19.9. The highest BCUT2D eigenvalue weighted by Gasteiger charge is 2.34. The fourth-order valence-corrected chi connectivity index (χ4v) is 3.95. The normalized spacial score (nSPS) is 16.3. The number of rotatable bonds is 5. The van der Waals surface area contributed by atoms with Crippen molar-refractivity contribution in [2.24, 2.45) is 10.2 Å². The highest BCUT2D eigenvalue weighted by Crippen LogP contribution is 2.24. The van der Waals surface area contributed by atoms with Gasteiger partial charge < -0.3 is 10.2 Å². The lowest BCUT2D eigenvalue weighted by Gasteiger charge is -2.23. The van der Waals surface area contributed by atoms with Crippen LogP contribution < -0.4 is 5.32 Å². The number of amides is 2. The highest BCUT2D eigenvalue weighted by molar-refractivity contribution is 7.12. The van der Waals surface area contributed by atoms with Crippen molar-refractivity contribution in [1.29, 1.82) is 0 Å². The summed E-state index contributed by atoms with van der Waals surface area (Å²) in [7, 11) is 0. The van der Waals surface area contributed by atoms with Crippen molar-refractivity contribution in [1.82, 2.24) is 4.90 Å². The van der Waals surface area contributed by atoms with Gasteiger partial charge in [0, 0.05) is 12.2 Å². The van der Waals surface area contributed by atoms with E-state index in [0.29, 0.717) is 29.2 Å². The van der Waals surface area contributed by atoms with Crippen molar-refractivity contribution in [2.75, 3.05) is 11.9 Å². The Balaban J connectivity index is 1.39. The Labute approximate surface area is 172 Å². The molecule has 1 aliphatic rings. The summed E-state index contributed by atoms with van der Waals surface area (Å²) in [5.41, 5.74) is 2.15. The van der Waals surface area contributed by atoms with Crippen molar-refractivity contribution in [2.45, 2.75) is 18.9 Å². The van der Waals surface area contributed by atoms with Gasteiger partial charge in [-0.05, 0) is 60.7 Å². The second kappa shape index (κ2) is 8.79. The van der Waals surface area contributed by atoms with E-state index in [0.717, 1.165) is 12.1 Å². The van der Waals surface area contributed by atoms with Gasteiger partial charge in [0.15, 0.2) is 0 Å². The fourth-order valence-electron chi connectivity index (χ4n) is 3.27. The monoisotopic (exact) mass is 404 g/mol. The van der Waals surface area contributed by atoms with Gasteiger partial charge in [0.05, 0.1) is 16.3 Å². The average Bonchev–Trinajstić information content (AvgIpc) is 3.46. The molecule has 0 saturated carbocycles. The lowest BCUT2D eigenvalue weighted by Crippen LogP contribution is -2.42. The summed E-state index contributed by atoms with van der Waals surface area (Å²) in [4.78, 5) is 27.7. The van der Waals surface area contributed by atoms with Crippen molar-refractivity contribution < 1.29 is 9.59 Å². The maximum atomic E-state index is 12.8. The molecule has 29 heavy (non-hydrogen) atoms. The number of nitrogens with one attached hydrogen (secondary N) is 1. The Hall–Kier alpha value is -3.32. The molecule has 146 valence electrons. The van der Waals surface area contributed by atoms with Gasteiger partial charge in [-0.1, -0.05) is 24.3 Å². The molecule has 0 unspecified atom stereocenters. The third kappa shape index (κ3) is 4.57. The zero-order valence-electron chi connectivity index (χ0n) is 15.7. The van der Waals surface area contributed by atoms with Gasteiger partial charge in [0.25, 0.3) is 5.91 Å². The maximum Gasteiger partial charge on any atom is 0.264 e. The van der Waals surface area contributed by atoms with Crippen LogP contribution in [-0.4, -0.2) is 29.3 Å². The van der Waals surface area contributed by atoms with E-state index < -0.39 is 6.04 Å². The number of carbonyl (C=O) groups excluding carboxylic acids is 2. The Morgan fingerprint density at radius 1 is 0.931 bits per heavy atom. The first kappa shape index (κ1) is 19.0. The topological polar surface area (TPSA) is 74.1 Å². The molecule has 1 N–H and O–H groups in total. The maximum absolute atomic E-state index is 12.8. The standard InChI is InChI=1S/C22H20N4O2S/c27-21(19-8-4-14-26(19)22(28)20-9-5-15-29-20)23-16-10-12-18(13-11-16)25-24-17-6-2-1-3-7-17/h1-3,5-7,9-13,15,19H,4,8,14H2,(H,23,27)/t19-/m1/s1. The van der Waals surface area contributed by atoms with Crippen molar-refractivity contribution in [3.8, 4) is 0 Å². The third-order valence-corrected chi connectivity index (χ3v) is 5.58. The van der Waals surface area contributed by atoms with Gasteiger partial charge in [0.2, 0.25) is 5.91 Å². The Bertz CT molecular complexity index is 1000. The van der Waals surface area contributed by atoms with Crippen LogP contribution in [-0.2, 0) is 4.79 Å². The minimum absolute atomic E-state index is 0.0747. The van der Waals surface area contributed by atoms with Gasteiger partial charge >= 0.3 is 0 Å². The van der Waals surface area contributed by atoms with E-state index in [4.69, 9.17) is 0 Å². The van der Waals surface area contributed by atoms with Crippen molar-refractivity contribution in [3.05, 3.63) is 77.0 Å². The van der Waals surface area contributed by atoms with Crippen LogP contribution in [0.15, 0.2) is 82.3 Å². The summed E-state index contributed by atoms with van der Waals surface area (Å²) in [5, 5.41) is 13.2. The molecular weight excluding hydrogens is 384 g/mol. The zero-order valence-corrected chi connectivity index (χ0v) is 16.5. The Morgan fingerprint density at radius 3 is 2.34 bits per heavy atom. The summed E-state index contributed by atoms with van der Waals surface area (Å²) in [5.74, 6) is -0.236. The van der Waals surface area contributed by atoms with Crippen LogP contribution in [0.25, 0.3) is 0 Å². The quantitative estimate of drug-likeness (QED) is 0.578. The van der Waals surface area contributed by atoms with Crippen molar-refractivity contribution >= 4 is 40.2 Å². The molecule has 1 aliphatic heterocycles. The van der Waals surface area contributed by atoms with Crippen LogP contribution in [0.4, 0.5) is 17.1 Å². The molecule has 4 rings (SSSR count). The van der Waals surface area contributed by atoms with E-state index in [2.05, 4.69) is 15.5 Å². The Kier molecular flexibility index (Phi) is 5.76. The Morgan fingerprint density at radius 2 is 1.66 bits per heavy atom. The summed E-state index contributed by atoms with van der Waals surface area (Å²) in [6.45, 7) is 0.605. The second-order valence-corrected chi connectivity index (χ2v) is 7.65. The van der Waals surface area contributed by atoms with E-state index in [1.165, 1.54) is 11.3 Å². The molecule has 0 radical (unpaired) electrons. The SMILES string of the molecule is O=C(Nc1ccc(N=Nc2ccccc2)cc1)[C@H]1CCCN1C(=O)c1cccs1. The van der Waals surface area contributed by atoms with Crippen molar-refractivity contribution in [3.63, 3.8) is 0 Å². The predicted molar refractivity (Wildman–Crippen MR) is 114 cm³/mol. The van der Waals surface area contributed by atoms with Gasteiger partial charge in [-0.2, -0.15) is 10.2 Å². The largest absolute Gasteiger partial charge is 0.326 e. The number of hydrogen-bond donors (Lipinski definition) is 1. The number of carbonyl (C=O) groups is 2. The number of benzene rings is 2. The van der Waals surface area contributed by atoms with Crippen LogP contribution in [0.3, 0.4) is 0 Å².